The lowest BCUT2D eigenvalue weighted by atomic mass is 9.92. The average Bonchev–Trinajstić information content (AvgIpc) is 2.35. The molecule has 0 fully saturated rings. The van der Waals surface area contributed by atoms with Crippen LogP contribution >= 0.6 is 0 Å². The summed E-state index contributed by atoms with van der Waals surface area (Å²) in [6.45, 7) is 0.851. The molecule has 1 aliphatic heterocycles. The van der Waals surface area contributed by atoms with Gasteiger partial charge >= 0.3 is 0 Å². The summed E-state index contributed by atoms with van der Waals surface area (Å²) in [5.41, 5.74) is 0.947. The molecule has 1 amide bonds. The van der Waals surface area contributed by atoms with Crippen molar-refractivity contribution >= 4 is 5.91 Å². The van der Waals surface area contributed by atoms with Crippen LogP contribution in [0.3, 0.4) is 0 Å². The van der Waals surface area contributed by atoms with Gasteiger partial charge < -0.3 is 10.1 Å². The molecule has 3 nitrogen and oxygen atoms in total. The predicted molar refractivity (Wildman–Crippen MR) is 61.1 cm³/mol. The molecular formula is C13H13NO2. The van der Waals surface area contributed by atoms with Crippen LogP contribution in [-0.2, 0) is 4.79 Å². The van der Waals surface area contributed by atoms with E-state index < -0.39 is 0 Å². The first-order valence-electron chi connectivity index (χ1n) is 5.26. The maximum absolute atomic E-state index is 11.9. The van der Waals surface area contributed by atoms with Crippen molar-refractivity contribution in [1.82, 2.24) is 5.32 Å². The van der Waals surface area contributed by atoms with E-state index >= 15 is 0 Å². The number of terminal acetylenes is 1. The number of para-hydroxylation sites is 1. The second-order valence-corrected chi connectivity index (χ2v) is 3.65. The molecule has 0 aromatic heterocycles. The van der Waals surface area contributed by atoms with Crippen molar-refractivity contribution < 1.29 is 9.53 Å². The molecule has 0 saturated heterocycles. The number of ether oxygens (including phenoxy) is 1. The van der Waals surface area contributed by atoms with Crippen molar-refractivity contribution in [3.05, 3.63) is 29.8 Å². The van der Waals surface area contributed by atoms with Crippen LogP contribution in [0.5, 0.6) is 5.75 Å². The first kappa shape index (κ1) is 10.6. The molecule has 0 spiro atoms. The summed E-state index contributed by atoms with van der Waals surface area (Å²) in [6.07, 6.45) is 5.81. The normalized spacial score (nSPS) is 17.8. The summed E-state index contributed by atoms with van der Waals surface area (Å²) < 4.78 is 5.49. The number of carbonyl (C=O) groups is 1. The SMILES string of the molecule is C#CCNC(=O)C1CCOc2ccccc21. The van der Waals surface area contributed by atoms with E-state index in [0.29, 0.717) is 13.0 Å². The minimum Gasteiger partial charge on any atom is -0.493 e. The Labute approximate surface area is 94.8 Å². The molecule has 3 heteroatoms. The lowest BCUT2D eigenvalue weighted by molar-refractivity contribution is -0.122. The number of benzene rings is 1. The first-order valence-corrected chi connectivity index (χ1v) is 5.26. The van der Waals surface area contributed by atoms with E-state index in [9.17, 15) is 4.79 Å². The van der Waals surface area contributed by atoms with Gasteiger partial charge in [0.25, 0.3) is 0 Å². The molecule has 0 radical (unpaired) electrons. The maximum atomic E-state index is 11.9. The standard InChI is InChI=1S/C13H13NO2/c1-2-8-14-13(15)11-7-9-16-12-6-4-3-5-10(11)12/h1,3-6,11H,7-9H2,(H,14,15). The molecule has 1 heterocycles. The van der Waals surface area contributed by atoms with E-state index in [2.05, 4.69) is 11.2 Å². The van der Waals surface area contributed by atoms with Gasteiger partial charge in [-0.1, -0.05) is 24.1 Å². The summed E-state index contributed by atoms with van der Waals surface area (Å²) in [5.74, 6) is 3.04. The van der Waals surface area contributed by atoms with Crippen LogP contribution in [-0.4, -0.2) is 19.1 Å². The Balaban J connectivity index is 2.19. The zero-order chi connectivity index (χ0) is 11.4. The summed E-state index contributed by atoms with van der Waals surface area (Å²) >= 11 is 0. The lowest BCUT2D eigenvalue weighted by Crippen LogP contribution is -2.32. The van der Waals surface area contributed by atoms with Crippen LogP contribution < -0.4 is 10.1 Å². The molecule has 1 N–H and O–H groups in total. The Bertz CT molecular complexity index is 434. The summed E-state index contributed by atoms with van der Waals surface area (Å²) in [4.78, 5) is 11.9. The van der Waals surface area contributed by atoms with E-state index in [-0.39, 0.29) is 18.4 Å². The number of nitrogens with one attached hydrogen (secondary N) is 1. The summed E-state index contributed by atoms with van der Waals surface area (Å²) in [7, 11) is 0. The van der Waals surface area contributed by atoms with Gasteiger partial charge in [-0.05, 0) is 12.5 Å². The van der Waals surface area contributed by atoms with Gasteiger partial charge in [-0.15, -0.1) is 6.42 Å². The molecule has 1 aromatic rings. The highest BCUT2D eigenvalue weighted by Crippen LogP contribution is 2.33. The fraction of sp³-hybridized carbons (Fsp3) is 0.308. The van der Waals surface area contributed by atoms with Crippen LogP contribution in [0.15, 0.2) is 24.3 Å². The Morgan fingerprint density at radius 3 is 3.19 bits per heavy atom. The van der Waals surface area contributed by atoms with Crippen LogP contribution in [0.4, 0.5) is 0 Å². The molecule has 0 saturated carbocycles. The van der Waals surface area contributed by atoms with E-state index in [1.54, 1.807) is 0 Å². The molecule has 2 rings (SSSR count). The van der Waals surface area contributed by atoms with E-state index in [4.69, 9.17) is 11.2 Å². The highest BCUT2D eigenvalue weighted by molar-refractivity contribution is 5.84. The zero-order valence-corrected chi connectivity index (χ0v) is 8.90. The quantitative estimate of drug-likeness (QED) is 0.755. The predicted octanol–water partition coefficient (Wildman–Crippen LogP) is 1.30. The van der Waals surface area contributed by atoms with Gasteiger partial charge in [0.1, 0.15) is 5.75 Å². The largest absolute Gasteiger partial charge is 0.493 e. The van der Waals surface area contributed by atoms with Crippen LogP contribution in [0.1, 0.15) is 17.9 Å². The number of hydrogen-bond acceptors (Lipinski definition) is 2. The second-order valence-electron chi connectivity index (χ2n) is 3.65. The van der Waals surface area contributed by atoms with E-state index in [0.717, 1.165) is 11.3 Å². The van der Waals surface area contributed by atoms with Crippen molar-refractivity contribution in [3.8, 4) is 18.1 Å². The van der Waals surface area contributed by atoms with Crippen molar-refractivity contribution in [2.45, 2.75) is 12.3 Å². The maximum Gasteiger partial charge on any atom is 0.228 e. The topological polar surface area (TPSA) is 38.3 Å². The monoisotopic (exact) mass is 215 g/mol. The van der Waals surface area contributed by atoms with Gasteiger partial charge in [0.2, 0.25) is 5.91 Å². The zero-order valence-electron chi connectivity index (χ0n) is 8.90. The Morgan fingerprint density at radius 1 is 1.56 bits per heavy atom. The number of carbonyl (C=O) groups excluding carboxylic acids is 1. The minimum absolute atomic E-state index is 0.0197. The fourth-order valence-corrected chi connectivity index (χ4v) is 1.88. The highest BCUT2D eigenvalue weighted by Gasteiger charge is 2.26. The third kappa shape index (κ3) is 2.01. The molecule has 82 valence electrons. The minimum atomic E-state index is -0.140. The number of amides is 1. The number of fused-ring (bicyclic) bond motifs is 1. The first-order chi connectivity index (χ1) is 7.83. The van der Waals surface area contributed by atoms with Gasteiger partial charge in [0.15, 0.2) is 0 Å². The van der Waals surface area contributed by atoms with Gasteiger partial charge in [-0.2, -0.15) is 0 Å². The van der Waals surface area contributed by atoms with Crippen LogP contribution in [0.25, 0.3) is 0 Å². The second kappa shape index (κ2) is 4.71. The lowest BCUT2D eigenvalue weighted by Gasteiger charge is -2.24. The molecule has 1 aromatic carbocycles. The molecule has 0 bridgehead atoms. The Morgan fingerprint density at radius 2 is 2.38 bits per heavy atom. The Hall–Kier alpha value is -1.95. The number of hydrogen-bond donors (Lipinski definition) is 1. The van der Waals surface area contributed by atoms with Crippen molar-refractivity contribution in [1.29, 1.82) is 0 Å². The van der Waals surface area contributed by atoms with Gasteiger partial charge in [-0.25, -0.2) is 0 Å². The third-order valence-electron chi connectivity index (χ3n) is 2.64. The fourth-order valence-electron chi connectivity index (χ4n) is 1.88. The molecule has 1 atom stereocenters. The third-order valence-corrected chi connectivity index (χ3v) is 2.64. The smallest absolute Gasteiger partial charge is 0.228 e. The Kier molecular flexibility index (Phi) is 3.11. The van der Waals surface area contributed by atoms with Gasteiger partial charge in [0, 0.05) is 5.56 Å². The van der Waals surface area contributed by atoms with Crippen molar-refractivity contribution in [3.63, 3.8) is 0 Å². The molecule has 0 aliphatic carbocycles. The highest BCUT2D eigenvalue weighted by atomic mass is 16.5. The molecular weight excluding hydrogens is 202 g/mol. The summed E-state index contributed by atoms with van der Waals surface area (Å²) in [5, 5.41) is 2.71. The molecule has 1 aliphatic rings. The van der Waals surface area contributed by atoms with E-state index in [1.807, 2.05) is 24.3 Å². The molecule has 16 heavy (non-hydrogen) atoms. The summed E-state index contributed by atoms with van der Waals surface area (Å²) in [6, 6.07) is 7.63. The van der Waals surface area contributed by atoms with Crippen LogP contribution in [0.2, 0.25) is 0 Å². The number of rotatable bonds is 2. The average molecular weight is 215 g/mol. The van der Waals surface area contributed by atoms with Crippen molar-refractivity contribution in [2.24, 2.45) is 0 Å². The van der Waals surface area contributed by atoms with E-state index in [1.165, 1.54) is 0 Å². The van der Waals surface area contributed by atoms with Gasteiger partial charge in [-0.3, -0.25) is 4.79 Å². The van der Waals surface area contributed by atoms with Crippen LogP contribution in [0, 0.1) is 12.3 Å². The van der Waals surface area contributed by atoms with Gasteiger partial charge in [0.05, 0.1) is 19.1 Å². The molecule has 1 unspecified atom stereocenters. The van der Waals surface area contributed by atoms with Crippen molar-refractivity contribution in [2.75, 3.05) is 13.2 Å².